The Morgan fingerprint density at radius 3 is 2.75 bits per heavy atom. The lowest BCUT2D eigenvalue weighted by Crippen LogP contribution is -2.21. The average Bonchev–Trinajstić information content (AvgIpc) is 1.94. The van der Waals surface area contributed by atoms with E-state index in [4.69, 9.17) is 0 Å². The van der Waals surface area contributed by atoms with Gasteiger partial charge in [-0.25, -0.2) is 0 Å². The summed E-state index contributed by atoms with van der Waals surface area (Å²) in [4.78, 5) is 11.3. The van der Waals surface area contributed by atoms with Gasteiger partial charge in [-0.05, 0) is 34.6 Å². The minimum absolute atomic E-state index is 0.0931. The van der Waals surface area contributed by atoms with Gasteiger partial charge in [-0.2, -0.15) is 0 Å². The average molecular weight is 277 g/mol. The van der Waals surface area contributed by atoms with Crippen LogP contribution in [-0.2, 0) is 6.54 Å². The normalized spacial score (nSPS) is 10.7. The maximum Gasteiger partial charge on any atom is 0.251 e. The molecule has 0 atom stereocenters. The number of aromatic nitrogens is 1. The molecule has 0 aromatic carbocycles. The summed E-state index contributed by atoms with van der Waals surface area (Å²) < 4.78 is 2.74. The van der Waals surface area contributed by atoms with Crippen molar-refractivity contribution >= 4 is 22.6 Å². The highest BCUT2D eigenvalue weighted by atomic mass is 127. The monoisotopic (exact) mass is 277 g/mol. The molecule has 1 aromatic rings. The summed E-state index contributed by atoms with van der Waals surface area (Å²) >= 11 is 2.14. The van der Waals surface area contributed by atoms with Crippen LogP contribution in [0.1, 0.15) is 13.8 Å². The van der Waals surface area contributed by atoms with Crippen LogP contribution in [0.3, 0.4) is 0 Å². The van der Waals surface area contributed by atoms with Crippen LogP contribution in [0.15, 0.2) is 23.1 Å². The van der Waals surface area contributed by atoms with Gasteiger partial charge in [0, 0.05) is 22.4 Å². The van der Waals surface area contributed by atoms with Crippen LogP contribution in [0, 0.1) is 9.49 Å². The molecule has 0 bridgehead atoms. The molecule has 0 unspecified atom stereocenters. The van der Waals surface area contributed by atoms with Gasteiger partial charge in [-0.15, -0.1) is 0 Å². The predicted molar refractivity (Wildman–Crippen MR) is 58.3 cm³/mol. The second-order valence-corrected chi connectivity index (χ2v) is 4.48. The first-order valence-electron chi connectivity index (χ1n) is 3.95. The van der Waals surface area contributed by atoms with Crippen molar-refractivity contribution in [3.63, 3.8) is 0 Å². The molecule has 12 heavy (non-hydrogen) atoms. The van der Waals surface area contributed by atoms with Crippen LogP contribution in [0.25, 0.3) is 0 Å². The van der Waals surface area contributed by atoms with Crippen LogP contribution in [0.4, 0.5) is 0 Å². The highest BCUT2D eigenvalue weighted by Crippen LogP contribution is 2.00. The SMILES string of the molecule is CC(C)Cn1ccc(I)cc1=O. The molecule has 3 heteroatoms. The molecule has 0 spiro atoms. The van der Waals surface area contributed by atoms with E-state index in [1.54, 1.807) is 10.6 Å². The Hall–Kier alpha value is -0.320. The third kappa shape index (κ3) is 2.62. The van der Waals surface area contributed by atoms with E-state index in [1.165, 1.54) is 0 Å². The molecule has 1 aromatic heterocycles. The van der Waals surface area contributed by atoms with Gasteiger partial charge >= 0.3 is 0 Å². The van der Waals surface area contributed by atoms with Crippen molar-refractivity contribution in [1.29, 1.82) is 0 Å². The molecule has 66 valence electrons. The molecule has 0 aliphatic rings. The number of hydrogen-bond donors (Lipinski definition) is 0. The fourth-order valence-electron chi connectivity index (χ4n) is 1.03. The Kier molecular flexibility index (Phi) is 3.31. The van der Waals surface area contributed by atoms with Gasteiger partial charge in [0.15, 0.2) is 0 Å². The zero-order valence-electron chi connectivity index (χ0n) is 7.25. The van der Waals surface area contributed by atoms with Gasteiger partial charge in [0.1, 0.15) is 0 Å². The highest BCUT2D eigenvalue weighted by Gasteiger charge is 1.98. The second kappa shape index (κ2) is 4.07. The van der Waals surface area contributed by atoms with Gasteiger partial charge in [-0.3, -0.25) is 4.79 Å². The third-order valence-electron chi connectivity index (χ3n) is 1.52. The molecule has 0 fully saturated rings. The minimum atomic E-state index is 0.0931. The first-order chi connectivity index (χ1) is 5.59. The maximum absolute atomic E-state index is 11.3. The van der Waals surface area contributed by atoms with Crippen molar-refractivity contribution in [2.75, 3.05) is 0 Å². The second-order valence-electron chi connectivity index (χ2n) is 3.23. The van der Waals surface area contributed by atoms with Crippen LogP contribution in [0.2, 0.25) is 0 Å². The summed E-state index contributed by atoms with van der Waals surface area (Å²) in [5.74, 6) is 0.516. The number of halogens is 1. The lowest BCUT2D eigenvalue weighted by molar-refractivity contribution is 0.510. The molecule has 0 aliphatic heterocycles. The molecule has 0 saturated carbocycles. The first-order valence-corrected chi connectivity index (χ1v) is 5.03. The van der Waals surface area contributed by atoms with Crippen LogP contribution in [0.5, 0.6) is 0 Å². The van der Waals surface area contributed by atoms with E-state index in [1.807, 2.05) is 12.3 Å². The Labute approximate surface area is 85.7 Å². The Balaban J connectivity index is 2.94. The molecule has 1 rings (SSSR count). The summed E-state index contributed by atoms with van der Waals surface area (Å²) in [6, 6.07) is 3.60. The molecule has 0 radical (unpaired) electrons. The maximum atomic E-state index is 11.3. The van der Waals surface area contributed by atoms with E-state index in [-0.39, 0.29) is 5.56 Å². The summed E-state index contributed by atoms with van der Waals surface area (Å²) in [6.07, 6.45) is 1.85. The molecular formula is C9H12INO. The molecule has 1 heterocycles. The number of rotatable bonds is 2. The van der Waals surface area contributed by atoms with Crippen molar-refractivity contribution in [3.05, 3.63) is 32.3 Å². The molecular weight excluding hydrogens is 265 g/mol. The molecule has 2 nitrogen and oxygen atoms in total. The predicted octanol–water partition coefficient (Wildman–Crippen LogP) is 2.11. The van der Waals surface area contributed by atoms with E-state index in [2.05, 4.69) is 36.4 Å². The Morgan fingerprint density at radius 1 is 1.58 bits per heavy atom. The van der Waals surface area contributed by atoms with Crippen LogP contribution < -0.4 is 5.56 Å². The van der Waals surface area contributed by atoms with Gasteiger partial charge in [-0.1, -0.05) is 13.8 Å². The number of nitrogens with zero attached hydrogens (tertiary/aromatic N) is 1. The van der Waals surface area contributed by atoms with Crippen molar-refractivity contribution in [1.82, 2.24) is 4.57 Å². The molecule has 0 aliphatic carbocycles. The van der Waals surface area contributed by atoms with E-state index in [0.717, 1.165) is 10.1 Å². The Morgan fingerprint density at radius 2 is 2.25 bits per heavy atom. The lowest BCUT2D eigenvalue weighted by Gasteiger charge is -2.07. The highest BCUT2D eigenvalue weighted by molar-refractivity contribution is 14.1. The smallest absolute Gasteiger partial charge is 0.251 e. The first kappa shape index (κ1) is 9.77. The van der Waals surface area contributed by atoms with Crippen molar-refractivity contribution in [2.24, 2.45) is 5.92 Å². The standard InChI is InChI=1S/C9H12INO/c1-7(2)6-11-4-3-8(10)5-9(11)12/h3-5,7H,6H2,1-2H3. The summed E-state index contributed by atoms with van der Waals surface area (Å²) in [7, 11) is 0. The van der Waals surface area contributed by atoms with Gasteiger partial charge < -0.3 is 4.57 Å². The van der Waals surface area contributed by atoms with E-state index >= 15 is 0 Å². The fraction of sp³-hybridized carbons (Fsp3) is 0.444. The van der Waals surface area contributed by atoms with E-state index < -0.39 is 0 Å². The fourth-order valence-corrected chi connectivity index (χ4v) is 1.46. The summed E-state index contributed by atoms with van der Waals surface area (Å²) in [6.45, 7) is 5.00. The van der Waals surface area contributed by atoms with Crippen molar-refractivity contribution < 1.29 is 0 Å². The topological polar surface area (TPSA) is 22.0 Å². The van der Waals surface area contributed by atoms with Crippen molar-refractivity contribution in [3.8, 4) is 0 Å². The zero-order valence-corrected chi connectivity index (χ0v) is 9.41. The molecule has 0 N–H and O–H groups in total. The zero-order chi connectivity index (χ0) is 9.14. The quantitative estimate of drug-likeness (QED) is 0.759. The molecule has 0 amide bonds. The van der Waals surface area contributed by atoms with E-state index in [0.29, 0.717) is 5.92 Å². The number of pyridine rings is 1. The summed E-state index contributed by atoms with van der Waals surface area (Å²) in [5, 5.41) is 0. The molecule has 0 saturated heterocycles. The van der Waals surface area contributed by atoms with Crippen LogP contribution in [-0.4, -0.2) is 4.57 Å². The Bertz CT molecular complexity index is 317. The van der Waals surface area contributed by atoms with Gasteiger partial charge in [0.2, 0.25) is 0 Å². The van der Waals surface area contributed by atoms with Crippen LogP contribution >= 0.6 is 22.6 Å². The minimum Gasteiger partial charge on any atom is -0.315 e. The third-order valence-corrected chi connectivity index (χ3v) is 2.19. The summed E-state index contributed by atoms with van der Waals surface area (Å²) in [5.41, 5.74) is 0.0931. The van der Waals surface area contributed by atoms with Gasteiger partial charge in [0.05, 0.1) is 0 Å². The van der Waals surface area contributed by atoms with E-state index in [9.17, 15) is 4.79 Å². The largest absolute Gasteiger partial charge is 0.315 e. The van der Waals surface area contributed by atoms with Crippen molar-refractivity contribution in [2.45, 2.75) is 20.4 Å². The number of hydrogen-bond acceptors (Lipinski definition) is 1. The van der Waals surface area contributed by atoms with Gasteiger partial charge in [0.25, 0.3) is 5.56 Å². The lowest BCUT2D eigenvalue weighted by atomic mass is 10.2.